The molecule has 270 valence electrons. The van der Waals surface area contributed by atoms with Crippen molar-refractivity contribution in [3.05, 3.63) is 58.3 Å². The van der Waals surface area contributed by atoms with Gasteiger partial charge in [-0.2, -0.15) is 0 Å². The van der Waals surface area contributed by atoms with E-state index in [0.717, 1.165) is 13.1 Å². The number of nitrogens with two attached hydrogens (primary N) is 1. The molecule has 6 rings (SSSR count). The van der Waals surface area contributed by atoms with Gasteiger partial charge in [0.2, 0.25) is 11.8 Å². The average Bonchev–Trinajstić information content (AvgIpc) is 3.64. The van der Waals surface area contributed by atoms with Gasteiger partial charge in [-0.1, -0.05) is 12.1 Å². The molecule has 2 aliphatic heterocycles. The van der Waals surface area contributed by atoms with Gasteiger partial charge < -0.3 is 33.8 Å². The summed E-state index contributed by atoms with van der Waals surface area (Å²) in [6.45, 7) is 17.4. The van der Waals surface area contributed by atoms with E-state index in [9.17, 15) is 19.7 Å². The molecule has 2 aromatic carbocycles. The van der Waals surface area contributed by atoms with Crippen molar-refractivity contribution in [2.24, 2.45) is 0 Å². The molecule has 0 saturated carbocycles. The number of para-hydroxylation sites is 2. The van der Waals surface area contributed by atoms with Gasteiger partial charge in [0.05, 0.1) is 23.7 Å². The van der Waals surface area contributed by atoms with E-state index in [2.05, 4.69) is 19.8 Å². The van der Waals surface area contributed by atoms with Crippen LogP contribution in [-0.4, -0.2) is 110 Å². The maximum atomic E-state index is 12.1. The van der Waals surface area contributed by atoms with Crippen molar-refractivity contribution < 1.29 is 32.8 Å². The molecule has 0 unspecified atom stereocenters. The van der Waals surface area contributed by atoms with Crippen molar-refractivity contribution in [1.82, 2.24) is 29.6 Å². The van der Waals surface area contributed by atoms with Gasteiger partial charge in [0.1, 0.15) is 16.7 Å². The number of anilines is 1. The lowest BCUT2D eigenvalue weighted by atomic mass is 10.2. The van der Waals surface area contributed by atoms with Crippen LogP contribution in [0.4, 0.5) is 21.0 Å². The van der Waals surface area contributed by atoms with Crippen molar-refractivity contribution in [3.8, 4) is 0 Å². The fourth-order valence-electron chi connectivity index (χ4n) is 5.49. The summed E-state index contributed by atoms with van der Waals surface area (Å²) in [7, 11) is 0. The van der Waals surface area contributed by atoms with E-state index in [4.69, 9.17) is 24.0 Å². The Bertz CT molecular complexity index is 1810. The molecule has 4 heterocycles. The van der Waals surface area contributed by atoms with Crippen LogP contribution in [-0.2, 0) is 22.6 Å². The summed E-state index contributed by atoms with van der Waals surface area (Å²) in [5.41, 5.74) is 7.57. The summed E-state index contributed by atoms with van der Waals surface area (Å²) in [6.07, 6.45) is -0.563. The Morgan fingerprint density at radius 1 is 0.740 bits per heavy atom. The van der Waals surface area contributed by atoms with E-state index < -0.39 is 16.1 Å². The highest BCUT2D eigenvalue weighted by molar-refractivity contribution is 5.85. The number of nitrogen functional groups attached to an aromatic ring is 1. The van der Waals surface area contributed by atoms with Gasteiger partial charge >= 0.3 is 12.2 Å². The minimum atomic E-state index is -0.513. The van der Waals surface area contributed by atoms with Crippen molar-refractivity contribution in [1.29, 1.82) is 0 Å². The number of nitro benzene ring substituents is 1. The van der Waals surface area contributed by atoms with Crippen molar-refractivity contribution in [2.45, 2.75) is 65.8 Å². The minimum Gasteiger partial charge on any atom is -0.444 e. The Kier molecular flexibility index (Phi) is 10.8. The molecule has 0 atom stereocenters. The van der Waals surface area contributed by atoms with Crippen LogP contribution in [0.1, 0.15) is 53.3 Å². The van der Waals surface area contributed by atoms with E-state index in [1.807, 2.05) is 59.7 Å². The normalized spacial score (nSPS) is 16.3. The predicted octanol–water partition coefficient (Wildman–Crippen LogP) is 5.25. The van der Waals surface area contributed by atoms with Crippen LogP contribution in [0.15, 0.2) is 45.2 Å². The predicted molar refractivity (Wildman–Crippen MR) is 185 cm³/mol. The largest absolute Gasteiger partial charge is 0.444 e. The lowest BCUT2D eigenvalue weighted by Gasteiger charge is -2.35. The number of carbonyl (C=O) groups is 2. The SMILES string of the molecule is CC(C)(C)OC(=O)N1CCN(Cc2nc3c(N)cccc3o2)CC1.CC(C)(C)OC(=O)N1CCN(Cc2nc3c([N+](=O)[O-])cccc3o2)CC1. The number of non-ortho nitro benzene ring substituents is 1. The van der Waals surface area contributed by atoms with Crippen LogP contribution in [0, 0.1) is 10.1 Å². The molecule has 2 aromatic heterocycles. The molecule has 0 radical (unpaired) electrons. The summed E-state index contributed by atoms with van der Waals surface area (Å²) in [5.74, 6) is 1.08. The number of aromatic nitrogens is 2. The number of nitrogens with zero attached hydrogens (tertiary/aromatic N) is 7. The van der Waals surface area contributed by atoms with Crippen molar-refractivity contribution in [2.75, 3.05) is 58.1 Å². The number of fused-ring (bicyclic) bond motifs is 2. The third-order valence-electron chi connectivity index (χ3n) is 7.90. The molecule has 16 heteroatoms. The second kappa shape index (κ2) is 14.9. The first kappa shape index (κ1) is 36.3. The Hall–Kier alpha value is -4.96. The summed E-state index contributed by atoms with van der Waals surface area (Å²) in [5, 5.41) is 11.1. The zero-order valence-corrected chi connectivity index (χ0v) is 29.5. The third kappa shape index (κ3) is 9.59. The third-order valence-corrected chi connectivity index (χ3v) is 7.90. The monoisotopic (exact) mass is 694 g/mol. The van der Waals surface area contributed by atoms with Crippen LogP contribution >= 0.6 is 0 Å². The quantitative estimate of drug-likeness (QED) is 0.162. The van der Waals surface area contributed by atoms with Gasteiger partial charge in [-0.15, -0.1) is 0 Å². The topological polar surface area (TPSA) is 187 Å². The summed E-state index contributed by atoms with van der Waals surface area (Å²) >= 11 is 0. The Balaban J connectivity index is 0.000000195. The summed E-state index contributed by atoms with van der Waals surface area (Å²) < 4.78 is 22.2. The minimum absolute atomic E-state index is 0.0627. The number of piperazine rings is 2. The van der Waals surface area contributed by atoms with Crippen LogP contribution in [0.25, 0.3) is 22.2 Å². The standard InChI is InChI=1S/C17H22N4O5.C17H24N4O3/c1-17(2,3)26-16(22)20-9-7-19(8-10-20)11-14-18-15-12(21(23)24)5-4-6-13(15)25-14;1-17(2,3)24-16(22)21-9-7-20(8-10-21)11-14-19-15-12(18)5-4-6-13(15)23-14/h4-6H,7-11H2,1-3H3;4-6H,7-11,18H2,1-3H3. The summed E-state index contributed by atoms with van der Waals surface area (Å²) in [4.78, 5) is 51.2. The maximum absolute atomic E-state index is 12.1. The number of oxazole rings is 2. The Labute approximate surface area is 290 Å². The zero-order valence-electron chi connectivity index (χ0n) is 29.5. The lowest BCUT2D eigenvalue weighted by Crippen LogP contribution is -2.49. The summed E-state index contributed by atoms with van der Waals surface area (Å²) in [6, 6.07) is 10.2. The molecule has 0 aliphatic carbocycles. The Morgan fingerprint density at radius 3 is 1.58 bits per heavy atom. The molecule has 2 saturated heterocycles. The number of hydrogen-bond acceptors (Lipinski definition) is 13. The number of amides is 2. The first-order valence-corrected chi connectivity index (χ1v) is 16.6. The fourth-order valence-corrected chi connectivity index (χ4v) is 5.49. The van der Waals surface area contributed by atoms with Crippen molar-refractivity contribution >= 4 is 45.8 Å². The molecule has 2 amide bonds. The van der Waals surface area contributed by atoms with Gasteiger partial charge in [0.25, 0.3) is 5.69 Å². The number of rotatable bonds is 5. The second-order valence-corrected chi connectivity index (χ2v) is 14.3. The molecular weight excluding hydrogens is 648 g/mol. The fraction of sp³-hybridized carbons (Fsp3) is 0.529. The number of ether oxygens (including phenoxy) is 2. The molecule has 4 aromatic rings. The van der Waals surface area contributed by atoms with Crippen LogP contribution in [0.2, 0.25) is 0 Å². The average molecular weight is 695 g/mol. The maximum Gasteiger partial charge on any atom is 0.410 e. The van der Waals surface area contributed by atoms with E-state index >= 15 is 0 Å². The van der Waals surface area contributed by atoms with Crippen LogP contribution in [0.5, 0.6) is 0 Å². The van der Waals surface area contributed by atoms with Crippen LogP contribution < -0.4 is 5.73 Å². The molecule has 16 nitrogen and oxygen atoms in total. The molecule has 2 N–H and O–H groups in total. The van der Waals surface area contributed by atoms with Gasteiger partial charge in [0, 0.05) is 58.4 Å². The molecule has 2 aliphatic rings. The second-order valence-electron chi connectivity index (χ2n) is 14.3. The smallest absolute Gasteiger partial charge is 0.410 e. The first-order chi connectivity index (χ1) is 23.5. The highest BCUT2D eigenvalue weighted by Gasteiger charge is 2.28. The van der Waals surface area contributed by atoms with Crippen LogP contribution in [0.3, 0.4) is 0 Å². The number of nitro groups is 1. The zero-order chi connectivity index (χ0) is 36.2. The molecule has 2 fully saturated rings. The first-order valence-electron chi connectivity index (χ1n) is 16.6. The van der Waals surface area contributed by atoms with Gasteiger partial charge in [0.15, 0.2) is 16.7 Å². The number of benzene rings is 2. The van der Waals surface area contributed by atoms with Gasteiger partial charge in [-0.05, 0) is 59.7 Å². The molecule has 0 spiro atoms. The van der Waals surface area contributed by atoms with E-state index in [-0.39, 0.29) is 23.4 Å². The Morgan fingerprint density at radius 2 is 1.16 bits per heavy atom. The number of carbonyl (C=O) groups excluding carboxylic acids is 2. The van der Waals surface area contributed by atoms with E-state index in [0.29, 0.717) is 86.5 Å². The van der Waals surface area contributed by atoms with E-state index in [1.54, 1.807) is 21.9 Å². The molecule has 0 bridgehead atoms. The highest BCUT2D eigenvalue weighted by Crippen LogP contribution is 2.26. The van der Waals surface area contributed by atoms with Gasteiger partial charge in [-0.25, -0.2) is 19.6 Å². The molecule has 50 heavy (non-hydrogen) atoms. The number of hydrogen-bond donors (Lipinski definition) is 1. The van der Waals surface area contributed by atoms with Gasteiger partial charge in [-0.3, -0.25) is 19.9 Å². The van der Waals surface area contributed by atoms with E-state index in [1.165, 1.54) is 6.07 Å². The van der Waals surface area contributed by atoms with Crippen molar-refractivity contribution in [3.63, 3.8) is 0 Å². The molecular formula is C34H46N8O8. The highest BCUT2D eigenvalue weighted by atomic mass is 16.6. The lowest BCUT2D eigenvalue weighted by molar-refractivity contribution is -0.383.